The van der Waals surface area contributed by atoms with E-state index in [2.05, 4.69) is 69.5 Å². The number of nitrogens with one attached hydrogen (secondary N) is 1. The summed E-state index contributed by atoms with van der Waals surface area (Å²) in [7, 11) is 0. The van der Waals surface area contributed by atoms with Gasteiger partial charge in [-0.2, -0.15) is 0 Å². The van der Waals surface area contributed by atoms with Crippen LogP contribution in [-0.2, 0) is 13.1 Å². The Balaban J connectivity index is 1.86. The monoisotopic (exact) mass is 364 g/mol. The van der Waals surface area contributed by atoms with Gasteiger partial charge in [0.05, 0.1) is 10.3 Å². The Hall–Kier alpha value is -0.840. The number of hydrogen-bond acceptors (Lipinski definition) is 3. The number of hydrogen-bond donors (Lipinski definition) is 1. The average Bonchev–Trinajstić information content (AvgIpc) is 2.81. The number of rotatable bonds is 4. The smallest absolute Gasteiger partial charge is 0.0702 e. The summed E-state index contributed by atoms with van der Waals surface area (Å²) in [6.07, 6.45) is 2.46. The average molecular weight is 365 g/mol. The molecule has 0 saturated carbocycles. The van der Waals surface area contributed by atoms with Gasteiger partial charge < -0.3 is 10.2 Å². The van der Waals surface area contributed by atoms with Crippen LogP contribution in [0.15, 0.2) is 40.2 Å². The highest BCUT2D eigenvalue weighted by atomic mass is 79.9. The molecule has 3 rings (SSSR count). The van der Waals surface area contributed by atoms with Crippen LogP contribution in [0.5, 0.6) is 0 Å². The van der Waals surface area contributed by atoms with Gasteiger partial charge in [-0.15, -0.1) is 11.3 Å². The molecule has 21 heavy (non-hydrogen) atoms. The third-order valence-corrected chi connectivity index (χ3v) is 5.58. The molecule has 0 bridgehead atoms. The molecule has 1 aliphatic heterocycles. The van der Waals surface area contributed by atoms with Gasteiger partial charge in [-0.05, 0) is 46.1 Å². The molecule has 1 unspecified atom stereocenters. The first kappa shape index (κ1) is 15.1. The van der Waals surface area contributed by atoms with Crippen LogP contribution in [0, 0.1) is 0 Å². The molecule has 0 spiro atoms. The Morgan fingerprint density at radius 2 is 2.14 bits per heavy atom. The summed E-state index contributed by atoms with van der Waals surface area (Å²) in [5.41, 5.74) is 2.79. The van der Waals surface area contributed by atoms with E-state index >= 15 is 0 Å². The lowest BCUT2D eigenvalue weighted by Crippen LogP contribution is -2.37. The van der Waals surface area contributed by atoms with Crippen molar-refractivity contribution >= 4 is 33.0 Å². The molecule has 1 aromatic carbocycles. The molecule has 0 fully saturated rings. The van der Waals surface area contributed by atoms with Crippen molar-refractivity contribution in [3.05, 3.63) is 50.6 Å². The van der Waals surface area contributed by atoms with E-state index < -0.39 is 0 Å². The molecule has 0 saturated heterocycles. The molecule has 1 aliphatic rings. The largest absolute Gasteiger partial charge is 0.365 e. The summed E-state index contributed by atoms with van der Waals surface area (Å²) in [5.74, 6) is 0. The van der Waals surface area contributed by atoms with Gasteiger partial charge in [0.2, 0.25) is 0 Å². The first-order chi connectivity index (χ1) is 10.3. The second-order valence-electron chi connectivity index (χ2n) is 5.58. The highest BCUT2D eigenvalue weighted by molar-refractivity contribution is 9.11. The number of halogens is 1. The predicted molar refractivity (Wildman–Crippen MR) is 95.0 cm³/mol. The number of benzene rings is 1. The molecule has 4 heteroatoms. The molecule has 0 radical (unpaired) electrons. The topological polar surface area (TPSA) is 15.3 Å². The predicted octanol–water partition coefficient (Wildman–Crippen LogP) is 4.79. The van der Waals surface area contributed by atoms with Gasteiger partial charge in [0, 0.05) is 29.7 Å². The minimum atomic E-state index is 0.575. The Labute approximate surface area is 139 Å². The van der Waals surface area contributed by atoms with Crippen LogP contribution in [0.25, 0.3) is 0 Å². The third kappa shape index (κ3) is 3.68. The van der Waals surface area contributed by atoms with Crippen LogP contribution in [0.4, 0.5) is 5.69 Å². The Kier molecular flexibility index (Phi) is 4.99. The van der Waals surface area contributed by atoms with Crippen LogP contribution in [0.2, 0.25) is 0 Å². The standard InChI is InChI=1S/C17H21BrN2S/c1-2-5-14-11-20(12-15-8-9-17(18)21-15)16-7-4-3-6-13(16)10-19-14/h3-4,6-9,14,19H,2,5,10-12H2,1H3. The van der Waals surface area contributed by atoms with Crippen LogP contribution >= 0.6 is 27.3 Å². The summed E-state index contributed by atoms with van der Waals surface area (Å²) in [6, 6.07) is 13.7. The Morgan fingerprint density at radius 1 is 1.29 bits per heavy atom. The SMILES string of the molecule is CCCC1CN(Cc2ccc(Br)s2)c2ccccc2CN1. The fraction of sp³-hybridized carbons (Fsp3) is 0.412. The molecule has 1 atom stereocenters. The number of para-hydroxylation sites is 1. The number of thiophene rings is 1. The normalized spacial score (nSPS) is 18.4. The van der Waals surface area contributed by atoms with E-state index in [9.17, 15) is 0 Å². The zero-order valence-corrected chi connectivity index (χ0v) is 14.7. The van der Waals surface area contributed by atoms with Gasteiger partial charge in [-0.3, -0.25) is 0 Å². The minimum absolute atomic E-state index is 0.575. The van der Waals surface area contributed by atoms with E-state index in [4.69, 9.17) is 0 Å². The Bertz CT molecular complexity index is 596. The third-order valence-electron chi connectivity index (χ3n) is 3.97. The fourth-order valence-corrected chi connectivity index (χ4v) is 4.47. The summed E-state index contributed by atoms with van der Waals surface area (Å²) in [5, 5.41) is 3.71. The quantitative estimate of drug-likeness (QED) is 0.838. The van der Waals surface area contributed by atoms with Crippen molar-refractivity contribution < 1.29 is 0 Å². The fourth-order valence-electron chi connectivity index (χ4n) is 2.97. The van der Waals surface area contributed by atoms with Crippen molar-refractivity contribution in [1.29, 1.82) is 0 Å². The summed E-state index contributed by atoms with van der Waals surface area (Å²) >= 11 is 5.40. The summed E-state index contributed by atoms with van der Waals surface area (Å²) in [4.78, 5) is 3.95. The van der Waals surface area contributed by atoms with Crippen molar-refractivity contribution in [2.24, 2.45) is 0 Å². The molecule has 0 aliphatic carbocycles. The molecule has 2 aromatic rings. The zero-order chi connectivity index (χ0) is 14.7. The van der Waals surface area contributed by atoms with E-state index in [-0.39, 0.29) is 0 Å². The van der Waals surface area contributed by atoms with E-state index in [1.54, 1.807) is 0 Å². The molecular formula is C17H21BrN2S. The van der Waals surface area contributed by atoms with Crippen molar-refractivity contribution in [3.8, 4) is 0 Å². The second kappa shape index (κ2) is 6.95. The molecule has 1 aromatic heterocycles. The van der Waals surface area contributed by atoms with E-state index in [0.717, 1.165) is 19.6 Å². The molecule has 2 heterocycles. The Morgan fingerprint density at radius 3 is 2.90 bits per heavy atom. The lowest BCUT2D eigenvalue weighted by molar-refractivity contribution is 0.480. The summed E-state index contributed by atoms with van der Waals surface area (Å²) in [6.45, 7) is 5.32. The highest BCUT2D eigenvalue weighted by Crippen LogP contribution is 2.29. The maximum atomic E-state index is 3.71. The summed E-state index contributed by atoms with van der Waals surface area (Å²) < 4.78 is 1.21. The van der Waals surface area contributed by atoms with Crippen molar-refractivity contribution in [1.82, 2.24) is 5.32 Å². The van der Waals surface area contributed by atoms with Gasteiger partial charge in [0.15, 0.2) is 0 Å². The van der Waals surface area contributed by atoms with Crippen LogP contribution < -0.4 is 10.2 Å². The zero-order valence-electron chi connectivity index (χ0n) is 12.3. The number of anilines is 1. The van der Waals surface area contributed by atoms with E-state index in [1.807, 2.05) is 11.3 Å². The van der Waals surface area contributed by atoms with Gasteiger partial charge in [0.1, 0.15) is 0 Å². The van der Waals surface area contributed by atoms with Crippen molar-refractivity contribution in [3.63, 3.8) is 0 Å². The van der Waals surface area contributed by atoms with Gasteiger partial charge >= 0.3 is 0 Å². The highest BCUT2D eigenvalue weighted by Gasteiger charge is 2.21. The molecular weight excluding hydrogens is 344 g/mol. The number of fused-ring (bicyclic) bond motifs is 1. The molecule has 1 N–H and O–H groups in total. The minimum Gasteiger partial charge on any atom is -0.365 e. The van der Waals surface area contributed by atoms with Crippen molar-refractivity contribution in [2.45, 2.75) is 38.9 Å². The maximum absolute atomic E-state index is 3.71. The first-order valence-corrected chi connectivity index (χ1v) is 9.17. The van der Waals surface area contributed by atoms with Crippen molar-refractivity contribution in [2.75, 3.05) is 11.4 Å². The maximum Gasteiger partial charge on any atom is 0.0702 e. The lowest BCUT2D eigenvalue weighted by Gasteiger charge is -2.27. The van der Waals surface area contributed by atoms with Crippen LogP contribution in [0.1, 0.15) is 30.2 Å². The second-order valence-corrected chi connectivity index (χ2v) is 8.13. The van der Waals surface area contributed by atoms with Crippen LogP contribution in [-0.4, -0.2) is 12.6 Å². The van der Waals surface area contributed by atoms with Gasteiger partial charge in [-0.1, -0.05) is 31.5 Å². The van der Waals surface area contributed by atoms with Crippen LogP contribution in [0.3, 0.4) is 0 Å². The molecule has 0 amide bonds. The lowest BCUT2D eigenvalue weighted by atomic mass is 10.1. The van der Waals surface area contributed by atoms with Gasteiger partial charge in [0.25, 0.3) is 0 Å². The van der Waals surface area contributed by atoms with Gasteiger partial charge in [-0.25, -0.2) is 0 Å². The first-order valence-electron chi connectivity index (χ1n) is 7.56. The van der Waals surface area contributed by atoms with E-state index in [1.165, 1.54) is 32.8 Å². The van der Waals surface area contributed by atoms with E-state index in [0.29, 0.717) is 6.04 Å². The molecule has 112 valence electrons. The molecule has 2 nitrogen and oxygen atoms in total. The number of nitrogens with zero attached hydrogens (tertiary/aromatic N) is 1.